The lowest BCUT2D eigenvalue weighted by Crippen LogP contribution is -2.03. The molecule has 3 nitrogen and oxygen atoms in total. The lowest BCUT2D eigenvalue weighted by molar-refractivity contribution is 0.0600. The van der Waals surface area contributed by atoms with Gasteiger partial charge in [0.05, 0.1) is 28.4 Å². The average Bonchev–Trinajstić information content (AvgIpc) is 2.48. The molecule has 0 heterocycles. The van der Waals surface area contributed by atoms with Crippen LogP contribution in [0, 0.1) is 0 Å². The van der Waals surface area contributed by atoms with Gasteiger partial charge in [-0.3, -0.25) is 0 Å². The van der Waals surface area contributed by atoms with Gasteiger partial charge in [-0.1, -0.05) is 41.4 Å². The maximum atomic E-state index is 11.3. The zero-order chi connectivity index (χ0) is 14.5. The van der Waals surface area contributed by atoms with Crippen LogP contribution in [0.3, 0.4) is 0 Å². The topological polar surface area (TPSA) is 38.3 Å². The molecule has 0 aliphatic heterocycles. The van der Waals surface area contributed by atoms with E-state index >= 15 is 0 Å². The van der Waals surface area contributed by atoms with Crippen molar-refractivity contribution >= 4 is 34.9 Å². The molecule has 0 fully saturated rings. The maximum absolute atomic E-state index is 11.3. The number of halogens is 2. The first-order valence-corrected chi connectivity index (χ1v) is 6.72. The molecular weight excluding hydrogens is 297 g/mol. The van der Waals surface area contributed by atoms with Crippen LogP contribution in [-0.2, 0) is 11.3 Å². The second-order valence-electron chi connectivity index (χ2n) is 4.14. The Bertz CT molecular complexity index is 612. The third kappa shape index (κ3) is 3.44. The minimum absolute atomic E-state index is 0.345. The average molecular weight is 310 g/mol. The zero-order valence-corrected chi connectivity index (χ0v) is 12.3. The minimum atomic E-state index is -0.345. The van der Waals surface area contributed by atoms with Crippen LogP contribution in [0.1, 0.15) is 15.9 Å². The summed E-state index contributed by atoms with van der Waals surface area (Å²) in [5, 5.41) is 4.21. The molecule has 0 saturated carbocycles. The summed E-state index contributed by atoms with van der Waals surface area (Å²) in [4.78, 5) is 11.3. The highest BCUT2D eigenvalue weighted by Crippen LogP contribution is 2.29. The Morgan fingerprint density at radius 2 is 1.85 bits per heavy atom. The van der Waals surface area contributed by atoms with Crippen LogP contribution in [0.5, 0.6) is 0 Å². The Morgan fingerprint density at radius 1 is 1.15 bits per heavy atom. The van der Waals surface area contributed by atoms with Gasteiger partial charge in [0.1, 0.15) is 0 Å². The van der Waals surface area contributed by atoms with Gasteiger partial charge in [-0.15, -0.1) is 0 Å². The standard InChI is InChI=1S/C15H13Cl2NO2/c1-20-15(19)11-7-5-10(6-8-11)9-18-13-4-2-3-12(16)14(13)17/h2-8,18H,9H2,1H3. The number of anilines is 1. The Balaban J connectivity index is 2.04. The van der Waals surface area contributed by atoms with E-state index < -0.39 is 0 Å². The van der Waals surface area contributed by atoms with E-state index in [1.165, 1.54) is 7.11 Å². The number of nitrogens with one attached hydrogen (secondary N) is 1. The number of carbonyl (C=O) groups is 1. The fraction of sp³-hybridized carbons (Fsp3) is 0.133. The zero-order valence-electron chi connectivity index (χ0n) is 10.8. The summed E-state index contributed by atoms with van der Waals surface area (Å²) in [6, 6.07) is 12.6. The SMILES string of the molecule is COC(=O)c1ccc(CNc2cccc(Cl)c2Cl)cc1. The van der Waals surface area contributed by atoms with Crippen molar-refractivity contribution in [3.05, 3.63) is 63.6 Å². The van der Waals surface area contributed by atoms with Gasteiger partial charge in [0.25, 0.3) is 0 Å². The number of benzene rings is 2. The molecule has 2 aromatic carbocycles. The van der Waals surface area contributed by atoms with E-state index in [1.54, 1.807) is 18.2 Å². The molecular formula is C15H13Cl2NO2. The van der Waals surface area contributed by atoms with Gasteiger partial charge in [0.2, 0.25) is 0 Å². The van der Waals surface area contributed by atoms with Gasteiger partial charge in [-0.2, -0.15) is 0 Å². The van der Waals surface area contributed by atoms with Gasteiger partial charge in [0.15, 0.2) is 0 Å². The first-order valence-electron chi connectivity index (χ1n) is 5.97. The van der Waals surface area contributed by atoms with Crippen LogP contribution in [0.4, 0.5) is 5.69 Å². The van der Waals surface area contributed by atoms with E-state index in [2.05, 4.69) is 10.1 Å². The molecule has 5 heteroatoms. The molecule has 0 bridgehead atoms. The highest BCUT2D eigenvalue weighted by molar-refractivity contribution is 6.43. The van der Waals surface area contributed by atoms with Gasteiger partial charge in [-0.05, 0) is 29.8 Å². The molecule has 0 atom stereocenters. The number of hydrogen-bond acceptors (Lipinski definition) is 3. The Labute approximate surface area is 127 Å². The molecule has 0 spiro atoms. The summed E-state index contributed by atoms with van der Waals surface area (Å²) in [7, 11) is 1.36. The van der Waals surface area contributed by atoms with Crippen LogP contribution >= 0.6 is 23.2 Å². The van der Waals surface area contributed by atoms with Crippen molar-refractivity contribution in [1.82, 2.24) is 0 Å². The Kier molecular flexibility index (Phi) is 4.88. The fourth-order valence-electron chi connectivity index (χ4n) is 1.71. The third-order valence-electron chi connectivity index (χ3n) is 2.81. The first kappa shape index (κ1) is 14.7. The smallest absolute Gasteiger partial charge is 0.337 e. The van der Waals surface area contributed by atoms with Crippen molar-refractivity contribution in [3.8, 4) is 0 Å². The number of ether oxygens (including phenoxy) is 1. The van der Waals surface area contributed by atoms with Crippen LogP contribution in [0.15, 0.2) is 42.5 Å². The second kappa shape index (κ2) is 6.64. The van der Waals surface area contributed by atoms with Crippen LogP contribution < -0.4 is 5.32 Å². The molecule has 0 aliphatic carbocycles. The van der Waals surface area contributed by atoms with Crippen molar-refractivity contribution in [2.45, 2.75) is 6.54 Å². The summed E-state index contributed by atoms with van der Waals surface area (Å²) in [6.07, 6.45) is 0. The quantitative estimate of drug-likeness (QED) is 0.851. The van der Waals surface area contributed by atoms with Crippen molar-refractivity contribution in [3.63, 3.8) is 0 Å². The van der Waals surface area contributed by atoms with Crippen LogP contribution in [0.25, 0.3) is 0 Å². The number of methoxy groups -OCH3 is 1. The van der Waals surface area contributed by atoms with Crippen LogP contribution in [0.2, 0.25) is 10.0 Å². The monoisotopic (exact) mass is 309 g/mol. The van der Waals surface area contributed by atoms with E-state index in [4.69, 9.17) is 23.2 Å². The molecule has 0 radical (unpaired) electrons. The third-order valence-corrected chi connectivity index (χ3v) is 3.63. The van der Waals surface area contributed by atoms with Crippen molar-refractivity contribution in [1.29, 1.82) is 0 Å². The van der Waals surface area contributed by atoms with Gasteiger partial charge < -0.3 is 10.1 Å². The van der Waals surface area contributed by atoms with E-state index in [0.29, 0.717) is 22.2 Å². The molecule has 20 heavy (non-hydrogen) atoms. The van der Waals surface area contributed by atoms with Gasteiger partial charge in [0, 0.05) is 6.54 Å². The molecule has 1 N–H and O–H groups in total. The molecule has 0 aliphatic rings. The summed E-state index contributed by atoms with van der Waals surface area (Å²) in [5.74, 6) is -0.345. The molecule has 104 valence electrons. The van der Waals surface area contributed by atoms with E-state index in [9.17, 15) is 4.79 Å². The molecule has 2 aromatic rings. The second-order valence-corrected chi connectivity index (χ2v) is 4.93. The predicted molar refractivity (Wildman–Crippen MR) is 81.6 cm³/mol. The number of rotatable bonds is 4. The van der Waals surface area contributed by atoms with Gasteiger partial charge >= 0.3 is 5.97 Å². The van der Waals surface area contributed by atoms with Crippen molar-refractivity contribution in [2.24, 2.45) is 0 Å². The number of carbonyl (C=O) groups excluding carboxylic acids is 1. The molecule has 0 amide bonds. The molecule has 0 saturated heterocycles. The lowest BCUT2D eigenvalue weighted by Gasteiger charge is -2.09. The number of esters is 1. The summed E-state index contributed by atoms with van der Waals surface area (Å²) in [6.45, 7) is 0.585. The Morgan fingerprint density at radius 3 is 2.50 bits per heavy atom. The van der Waals surface area contributed by atoms with E-state index in [1.807, 2.05) is 24.3 Å². The largest absolute Gasteiger partial charge is 0.465 e. The highest BCUT2D eigenvalue weighted by atomic mass is 35.5. The van der Waals surface area contributed by atoms with Gasteiger partial charge in [-0.25, -0.2) is 4.79 Å². The summed E-state index contributed by atoms with van der Waals surface area (Å²) >= 11 is 12.0. The maximum Gasteiger partial charge on any atom is 0.337 e. The number of hydrogen-bond donors (Lipinski definition) is 1. The highest BCUT2D eigenvalue weighted by Gasteiger charge is 2.06. The lowest BCUT2D eigenvalue weighted by atomic mass is 10.1. The fourth-order valence-corrected chi connectivity index (χ4v) is 2.08. The minimum Gasteiger partial charge on any atom is -0.465 e. The van der Waals surface area contributed by atoms with Crippen molar-refractivity contribution < 1.29 is 9.53 Å². The summed E-state index contributed by atoms with van der Waals surface area (Å²) in [5.41, 5.74) is 2.32. The van der Waals surface area contributed by atoms with Crippen LogP contribution in [-0.4, -0.2) is 13.1 Å². The predicted octanol–water partition coefficient (Wildman–Crippen LogP) is 4.39. The molecule has 0 unspecified atom stereocenters. The Hall–Kier alpha value is -1.71. The molecule has 2 rings (SSSR count). The molecule has 0 aromatic heterocycles. The van der Waals surface area contributed by atoms with E-state index in [-0.39, 0.29) is 5.97 Å². The first-order chi connectivity index (χ1) is 9.61. The normalized spacial score (nSPS) is 10.2. The van der Waals surface area contributed by atoms with E-state index in [0.717, 1.165) is 11.3 Å². The van der Waals surface area contributed by atoms with Crippen molar-refractivity contribution in [2.75, 3.05) is 12.4 Å². The summed E-state index contributed by atoms with van der Waals surface area (Å²) < 4.78 is 4.65.